The lowest BCUT2D eigenvalue weighted by molar-refractivity contribution is 0.102. The SMILES string of the molecule is Cc1cc(Cl)cc2sc(NC(=O)c3ccc(N(C)C)cc3)nc12. The summed E-state index contributed by atoms with van der Waals surface area (Å²) in [5, 5.41) is 4.11. The van der Waals surface area contributed by atoms with Crippen molar-refractivity contribution >= 4 is 49.9 Å². The van der Waals surface area contributed by atoms with Gasteiger partial charge < -0.3 is 4.90 Å². The molecule has 0 saturated heterocycles. The summed E-state index contributed by atoms with van der Waals surface area (Å²) in [6.45, 7) is 1.96. The molecule has 1 N–H and O–H groups in total. The second-order valence-electron chi connectivity index (χ2n) is 5.48. The third kappa shape index (κ3) is 3.30. The largest absolute Gasteiger partial charge is 0.378 e. The number of fused-ring (bicyclic) bond motifs is 1. The zero-order chi connectivity index (χ0) is 16.6. The first-order chi connectivity index (χ1) is 10.9. The molecular weight excluding hydrogens is 330 g/mol. The molecule has 118 valence electrons. The molecule has 0 radical (unpaired) electrons. The Balaban J connectivity index is 1.83. The topological polar surface area (TPSA) is 45.2 Å². The summed E-state index contributed by atoms with van der Waals surface area (Å²) in [7, 11) is 3.92. The van der Waals surface area contributed by atoms with E-state index in [0.717, 1.165) is 21.5 Å². The highest BCUT2D eigenvalue weighted by Crippen LogP contribution is 2.31. The molecule has 0 spiro atoms. The standard InChI is InChI=1S/C17H16ClN3OS/c1-10-8-12(18)9-14-15(10)19-17(23-14)20-16(22)11-4-6-13(7-5-11)21(2)3/h4-9H,1-3H3,(H,19,20,22). The predicted octanol–water partition coefficient (Wildman–Crippen LogP) is 4.58. The van der Waals surface area contributed by atoms with Gasteiger partial charge in [0.05, 0.1) is 10.2 Å². The van der Waals surface area contributed by atoms with Crippen molar-refractivity contribution in [2.75, 3.05) is 24.3 Å². The van der Waals surface area contributed by atoms with Gasteiger partial charge in [0.2, 0.25) is 0 Å². The van der Waals surface area contributed by atoms with Crippen LogP contribution >= 0.6 is 22.9 Å². The van der Waals surface area contributed by atoms with Gasteiger partial charge in [0.15, 0.2) is 5.13 Å². The Morgan fingerprint density at radius 1 is 1.22 bits per heavy atom. The van der Waals surface area contributed by atoms with Crippen LogP contribution in [0.5, 0.6) is 0 Å². The van der Waals surface area contributed by atoms with E-state index in [9.17, 15) is 4.79 Å². The van der Waals surface area contributed by atoms with Gasteiger partial charge >= 0.3 is 0 Å². The summed E-state index contributed by atoms with van der Waals surface area (Å²) in [5.41, 5.74) is 3.52. The highest BCUT2D eigenvalue weighted by Gasteiger charge is 2.12. The number of benzene rings is 2. The molecule has 3 aromatic rings. The van der Waals surface area contributed by atoms with Gasteiger partial charge in [0.25, 0.3) is 5.91 Å². The third-order valence-electron chi connectivity index (χ3n) is 3.52. The molecule has 0 aliphatic carbocycles. The van der Waals surface area contributed by atoms with Crippen LogP contribution in [0.15, 0.2) is 36.4 Å². The molecule has 0 atom stereocenters. The monoisotopic (exact) mass is 345 g/mol. The van der Waals surface area contributed by atoms with Gasteiger partial charge in [-0.05, 0) is 48.9 Å². The van der Waals surface area contributed by atoms with E-state index in [1.165, 1.54) is 11.3 Å². The number of nitrogens with zero attached hydrogens (tertiary/aromatic N) is 2. The number of aryl methyl sites for hydroxylation is 1. The Labute approximate surface area is 143 Å². The Bertz CT molecular complexity index is 871. The molecule has 0 aliphatic rings. The van der Waals surface area contributed by atoms with Gasteiger partial charge in [-0.2, -0.15) is 0 Å². The number of hydrogen-bond donors (Lipinski definition) is 1. The lowest BCUT2D eigenvalue weighted by Crippen LogP contribution is -2.13. The quantitative estimate of drug-likeness (QED) is 0.755. The summed E-state index contributed by atoms with van der Waals surface area (Å²) in [6, 6.07) is 11.2. The van der Waals surface area contributed by atoms with Crippen LogP contribution < -0.4 is 10.2 Å². The maximum Gasteiger partial charge on any atom is 0.257 e. The zero-order valence-electron chi connectivity index (χ0n) is 13.1. The minimum absolute atomic E-state index is 0.168. The highest BCUT2D eigenvalue weighted by molar-refractivity contribution is 7.22. The lowest BCUT2D eigenvalue weighted by atomic mass is 10.2. The summed E-state index contributed by atoms with van der Waals surface area (Å²) in [6.07, 6.45) is 0. The number of carbonyl (C=O) groups excluding carboxylic acids is 1. The number of nitrogens with one attached hydrogen (secondary N) is 1. The minimum Gasteiger partial charge on any atom is -0.378 e. The number of thiazole rings is 1. The number of rotatable bonds is 3. The van der Waals surface area contributed by atoms with Gasteiger partial charge in [0.1, 0.15) is 0 Å². The fourth-order valence-electron chi connectivity index (χ4n) is 2.29. The molecule has 2 aromatic carbocycles. The molecule has 0 saturated carbocycles. The third-order valence-corrected chi connectivity index (χ3v) is 4.65. The second-order valence-corrected chi connectivity index (χ2v) is 6.95. The van der Waals surface area contributed by atoms with Gasteiger partial charge in [-0.3, -0.25) is 10.1 Å². The summed E-state index contributed by atoms with van der Waals surface area (Å²) < 4.78 is 0.966. The van der Waals surface area contributed by atoms with Crippen molar-refractivity contribution < 1.29 is 4.79 Å². The van der Waals surface area contributed by atoms with E-state index < -0.39 is 0 Å². The number of anilines is 2. The van der Waals surface area contributed by atoms with Crippen molar-refractivity contribution in [2.24, 2.45) is 0 Å². The van der Waals surface area contributed by atoms with E-state index in [0.29, 0.717) is 15.7 Å². The molecule has 1 aromatic heterocycles. The smallest absolute Gasteiger partial charge is 0.257 e. The molecule has 4 nitrogen and oxygen atoms in total. The van der Waals surface area contributed by atoms with Crippen LogP contribution in [0.25, 0.3) is 10.2 Å². The van der Waals surface area contributed by atoms with E-state index in [1.54, 1.807) is 12.1 Å². The molecule has 23 heavy (non-hydrogen) atoms. The van der Waals surface area contributed by atoms with Crippen molar-refractivity contribution in [1.82, 2.24) is 4.98 Å². The summed E-state index contributed by atoms with van der Waals surface area (Å²) >= 11 is 7.48. The van der Waals surface area contributed by atoms with Crippen LogP contribution in [-0.4, -0.2) is 25.0 Å². The molecule has 0 aliphatic heterocycles. The number of hydrogen-bond acceptors (Lipinski definition) is 4. The van der Waals surface area contributed by atoms with Crippen molar-refractivity contribution in [1.29, 1.82) is 0 Å². The zero-order valence-corrected chi connectivity index (χ0v) is 14.6. The average Bonchev–Trinajstić information content (AvgIpc) is 2.90. The van der Waals surface area contributed by atoms with E-state index in [4.69, 9.17) is 11.6 Å². The molecule has 1 amide bonds. The van der Waals surface area contributed by atoms with E-state index >= 15 is 0 Å². The van der Waals surface area contributed by atoms with Crippen LogP contribution in [-0.2, 0) is 0 Å². The molecule has 3 rings (SSSR count). The molecule has 1 heterocycles. The van der Waals surface area contributed by atoms with E-state index in [2.05, 4.69) is 10.3 Å². The van der Waals surface area contributed by atoms with Crippen LogP contribution in [0.1, 0.15) is 15.9 Å². The molecule has 0 bridgehead atoms. The maximum atomic E-state index is 12.3. The first kappa shape index (κ1) is 15.8. The summed E-state index contributed by atoms with van der Waals surface area (Å²) in [4.78, 5) is 18.8. The summed E-state index contributed by atoms with van der Waals surface area (Å²) in [5.74, 6) is -0.168. The van der Waals surface area contributed by atoms with Gasteiger partial charge in [-0.1, -0.05) is 22.9 Å². The second kappa shape index (κ2) is 6.18. The first-order valence-corrected chi connectivity index (χ1v) is 8.29. The van der Waals surface area contributed by atoms with E-state index in [-0.39, 0.29) is 5.91 Å². The number of carbonyl (C=O) groups is 1. The number of aromatic nitrogens is 1. The van der Waals surface area contributed by atoms with Crippen LogP contribution in [0.3, 0.4) is 0 Å². The normalized spacial score (nSPS) is 10.8. The van der Waals surface area contributed by atoms with Crippen molar-refractivity contribution in [3.05, 3.63) is 52.5 Å². The van der Waals surface area contributed by atoms with Crippen LogP contribution in [0, 0.1) is 6.92 Å². The fraction of sp³-hybridized carbons (Fsp3) is 0.176. The van der Waals surface area contributed by atoms with Gasteiger partial charge in [-0.15, -0.1) is 0 Å². The van der Waals surface area contributed by atoms with Crippen LogP contribution in [0.2, 0.25) is 5.02 Å². The molecule has 0 fully saturated rings. The Kier molecular flexibility index (Phi) is 4.24. The van der Waals surface area contributed by atoms with Gasteiger partial charge in [0, 0.05) is 30.4 Å². The average molecular weight is 346 g/mol. The molecule has 6 heteroatoms. The fourth-order valence-corrected chi connectivity index (χ4v) is 3.60. The van der Waals surface area contributed by atoms with Gasteiger partial charge in [-0.25, -0.2) is 4.98 Å². The minimum atomic E-state index is -0.168. The number of amides is 1. The van der Waals surface area contributed by atoms with Crippen molar-refractivity contribution in [3.63, 3.8) is 0 Å². The number of halogens is 1. The molecular formula is C17H16ClN3OS. The molecule has 0 unspecified atom stereocenters. The van der Waals surface area contributed by atoms with Crippen molar-refractivity contribution in [3.8, 4) is 0 Å². The Morgan fingerprint density at radius 2 is 1.91 bits per heavy atom. The van der Waals surface area contributed by atoms with Crippen molar-refractivity contribution in [2.45, 2.75) is 6.92 Å². The predicted molar refractivity (Wildman–Crippen MR) is 98.1 cm³/mol. The maximum absolute atomic E-state index is 12.3. The van der Waals surface area contributed by atoms with E-state index in [1.807, 2.05) is 50.2 Å². The Hall–Kier alpha value is -2.11. The first-order valence-electron chi connectivity index (χ1n) is 7.09. The van der Waals surface area contributed by atoms with Crippen LogP contribution in [0.4, 0.5) is 10.8 Å². The lowest BCUT2D eigenvalue weighted by Gasteiger charge is -2.12. The highest BCUT2D eigenvalue weighted by atomic mass is 35.5. The Morgan fingerprint density at radius 3 is 2.57 bits per heavy atom.